The van der Waals surface area contributed by atoms with Crippen molar-refractivity contribution >= 4 is 16.9 Å². The van der Waals surface area contributed by atoms with Crippen LogP contribution >= 0.6 is 0 Å². The number of aliphatic carboxylic acids is 1. The second kappa shape index (κ2) is 9.27. The average Bonchev–Trinajstić information content (AvgIpc) is 3.08. The summed E-state index contributed by atoms with van der Waals surface area (Å²) in [7, 11) is 0. The van der Waals surface area contributed by atoms with E-state index in [1.54, 1.807) is 12.3 Å². The van der Waals surface area contributed by atoms with E-state index in [0.29, 0.717) is 29.9 Å². The summed E-state index contributed by atoms with van der Waals surface area (Å²) in [6, 6.07) is 10.9. The SMILES string of the molecule is CC(C)(CC#Cc1ccc(OC(F)(F)F)cc1)COc1ccc2c(CC(=O)O)c[nH]c2c1. The number of nitrogens with one attached hydrogen (secondary N) is 1. The normalized spacial score (nSPS) is 11.7. The molecule has 0 spiro atoms. The van der Waals surface area contributed by atoms with Gasteiger partial charge in [-0.3, -0.25) is 4.79 Å². The maximum absolute atomic E-state index is 12.2. The first-order valence-electron chi connectivity index (χ1n) is 9.80. The van der Waals surface area contributed by atoms with Crippen LogP contribution in [0.4, 0.5) is 13.2 Å². The fraction of sp³-hybridized carbons (Fsp3) is 0.292. The maximum Gasteiger partial charge on any atom is 0.573 e. The first-order valence-corrected chi connectivity index (χ1v) is 9.80. The van der Waals surface area contributed by atoms with Gasteiger partial charge in [0.15, 0.2) is 0 Å². The Morgan fingerprint density at radius 3 is 2.44 bits per heavy atom. The highest BCUT2D eigenvalue weighted by molar-refractivity contribution is 5.87. The Hall–Kier alpha value is -3.60. The van der Waals surface area contributed by atoms with Crippen molar-refractivity contribution < 1.29 is 32.5 Å². The summed E-state index contributed by atoms with van der Waals surface area (Å²) in [4.78, 5) is 14.0. The van der Waals surface area contributed by atoms with E-state index in [1.807, 2.05) is 26.0 Å². The molecule has 0 atom stereocenters. The first kappa shape index (κ1) is 23.1. The minimum absolute atomic E-state index is 0.0516. The molecule has 0 unspecified atom stereocenters. The van der Waals surface area contributed by atoms with Crippen molar-refractivity contribution in [3.05, 3.63) is 59.8 Å². The number of carboxylic acid groups (broad SMARTS) is 1. The van der Waals surface area contributed by atoms with Crippen molar-refractivity contribution in [1.82, 2.24) is 4.98 Å². The number of hydrogen-bond acceptors (Lipinski definition) is 3. The summed E-state index contributed by atoms with van der Waals surface area (Å²) in [5.74, 6) is 5.46. The molecule has 0 bridgehead atoms. The minimum Gasteiger partial charge on any atom is -0.493 e. The van der Waals surface area contributed by atoms with Crippen molar-refractivity contribution in [3.63, 3.8) is 0 Å². The predicted octanol–water partition coefficient (Wildman–Crippen LogP) is 5.54. The number of aromatic amines is 1. The van der Waals surface area contributed by atoms with E-state index >= 15 is 0 Å². The monoisotopic (exact) mass is 445 g/mol. The van der Waals surface area contributed by atoms with E-state index in [-0.39, 0.29) is 17.6 Å². The fourth-order valence-corrected chi connectivity index (χ4v) is 3.02. The molecule has 2 N–H and O–H groups in total. The van der Waals surface area contributed by atoms with Crippen molar-refractivity contribution in [1.29, 1.82) is 0 Å². The molecule has 0 aliphatic heterocycles. The zero-order chi connectivity index (χ0) is 23.4. The Morgan fingerprint density at radius 1 is 1.09 bits per heavy atom. The molecule has 0 radical (unpaired) electrons. The van der Waals surface area contributed by atoms with Gasteiger partial charge in [0.1, 0.15) is 11.5 Å². The number of H-pyrrole nitrogens is 1. The van der Waals surface area contributed by atoms with E-state index in [2.05, 4.69) is 21.6 Å². The number of aromatic nitrogens is 1. The summed E-state index contributed by atoms with van der Waals surface area (Å²) < 4.78 is 46.4. The fourth-order valence-electron chi connectivity index (χ4n) is 3.02. The zero-order valence-electron chi connectivity index (χ0n) is 17.5. The number of hydrogen-bond donors (Lipinski definition) is 2. The Kier molecular flexibility index (Phi) is 6.68. The molecule has 5 nitrogen and oxygen atoms in total. The quantitative estimate of drug-likeness (QED) is 0.469. The van der Waals surface area contributed by atoms with Gasteiger partial charge in [-0.05, 0) is 42.0 Å². The average molecular weight is 445 g/mol. The highest BCUT2D eigenvalue weighted by Crippen LogP contribution is 2.27. The number of halogens is 3. The van der Waals surface area contributed by atoms with E-state index < -0.39 is 12.3 Å². The molecule has 0 aliphatic carbocycles. The third-order valence-corrected chi connectivity index (χ3v) is 4.60. The molecule has 2 aromatic carbocycles. The summed E-state index contributed by atoms with van der Waals surface area (Å²) >= 11 is 0. The van der Waals surface area contributed by atoms with Gasteiger partial charge in [0.25, 0.3) is 0 Å². The third kappa shape index (κ3) is 6.71. The van der Waals surface area contributed by atoms with E-state index in [0.717, 1.165) is 10.9 Å². The molecule has 3 rings (SSSR count). The standard InChI is InChI=1S/C24H22F3NO4/c1-23(2,11-3-4-16-5-7-18(8-6-16)32-24(25,26)27)15-31-19-9-10-20-17(12-22(29)30)14-28-21(20)13-19/h5-10,13-14,28H,11-12,15H2,1-2H3,(H,29,30). The first-order chi connectivity index (χ1) is 15.0. The van der Waals surface area contributed by atoms with E-state index in [4.69, 9.17) is 9.84 Å². The van der Waals surface area contributed by atoms with Gasteiger partial charge in [-0.15, -0.1) is 13.2 Å². The number of rotatable bonds is 7. The third-order valence-electron chi connectivity index (χ3n) is 4.60. The molecule has 1 aromatic heterocycles. The molecule has 8 heteroatoms. The van der Waals surface area contributed by atoms with Crippen molar-refractivity contribution in [2.45, 2.75) is 33.1 Å². The lowest BCUT2D eigenvalue weighted by Gasteiger charge is -2.22. The molecule has 168 valence electrons. The molecule has 3 aromatic rings. The number of alkyl halides is 3. The number of carbonyl (C=O) groups is 1. The molecular formula is C24H22F3NO4. The molecule has 0 aliphatic rings. The number of carboxylic acids is 1. The van der Waals surface area contributed by atoms with Crippen LogP contribution in [0.3, 0.4) is 0 Å². The van der Waals surface area contributed by atoms with Crippen molar-refractivity contribution in [2.24, 2.45) is 5.41 Å². The van der Waals surface area contributed by atoms with Gasteiger partial charge in [0, 0.05) is 40.6 Å². The highest BCUT2D eigenvalue weighted by Gasteiger charge is 2.30. The summed E-state index contributed by atoms with van der Waals surface area (Å²) in [6.45, 7) is 4.40. The molecule has 0 saturated carbocycles. The number of benzene rings is 2. The van der Waals surface area contributed by atoms with Crippen LogP contribution in [-0.4, -0.2) is 29.0 Å². The smallest absolute Gasteiger partial charge is 0.493 e. The van der Waals surface area contributed by atoms with Gasteiger partial charge in [0.05, 0.1) is 13.0 Å². The van der Waals surface area contributed by atoms with Crippen molar-refractivity contribution in [2.75, 3.05) is 6.61 Å². The zero-order valence-corrected chi connectivity index (χ0v) is 17.5. The Bertz CT molecular complexity index is 1150. The van der Waals surface area contributed by atoms with Crippen LogP contribution in [0.15, 0.2) is 48.7 Å². The van der Waals surface area contributed by atoms with Gasteiger partial charge >= 0.3 is 12.3 Å². The van der Waals surface area contributed by atoms with Crippen LogP contribution in [0.25, 0.3) is 10.9 Å². The van der Waals surface area contributed by atoms with Gasteiger partial charge in [-0.25, -0.2) is 0 Å². The Morgan fingerprint density at radius 2 is 1.78 bits per heavy atom. The lowest BCUT2D eigenvalue weighted by Crippen LogP contribution is -2.20. The van der Waals surface area contributed by atoms with Crippen LogP contribution in [0.5, 0.6) is 11.5 Å². The van der Waals surface area contributed by atoms with Gasteiger partial charge in [0.2, 0.25) is 0 Å². The molecular weight excluding hydrogens is 423 g/mol. The topological polar surface area (TPSA) is 71.6 Å². The lowest BCUT2D eigenvalue weighted by molar-refractivity contribution is -0.274. The van der Waals surface area contributed by atoms with Crippen LogP contribution < -0.4 is 9.47 Å². The summed E-state index contributed by atoms with van der Waals surface area (Å²) in [6.07, 6.45) is -2.57. The molecule has 1 heterocycles. The minimum atomic E-state index is -4.72. The number of ether oxygens (including phenoxy) is 2. The second-order valence-electron chi connectivity index (χ2n) is 8.10. The van der Waals surface area contributed by atoms with E-state index in [9.17, 15) is 18.0 Å². The predicted molar refractivity (Wildman–Crippen MR) is 114 cm³/mol. The highest BCUT2D eigenvalue weighted by atomic mass is 19.4. The van der Waals surface area contributed by atoms with Gasteiger partial charge in [-0.2, -0.15) is 0 Å². The van der Waals surface area contributed by atoms with Gasteiger partial charge in [-0.1, -0.05) is 25.7 Å². The Labute approximate surface area is 183 Å². The van der Waals surface area contributed by atoms with Crippen LogP contribution in [-0.2, 0) is 11.2 Å². The van der Waals surface area contributed by atoms with Crippen LogP contribution in [0, 0.1) is 17.3 Å². The number of fused-ring (bicyclic) bond motifs is 1. The molecule has 0 fully saturated rings. The van der Waals surface area contributed by atoms with Gasteiger partial charge < -0.3 is 19.6 Å². The molecule has 0 amide bonds. The second-order valence-corrected chi connectivity index (χ2v) is 8.10. The summed E-state index contributed by atoms with van der Waals surface area (Å²) in [5, 5.41) is 9.82. The van der Waals surface area contributed by atoms with Crippen LogP contribution in [0.2, 0.25) is 0 Å². The Balaban J connectivity index is 1.56. The van der Waals surface area contributed by atoms with E-state index in [1.165, 1.54) is 24.3 Å². The van der Waals surface area contributed by atoms with Crippen molar-refractivity contribution in [3.8, 4) is 23.3 Å². The largest absolute Gasteiger partial charge is 0.573 e. The maximum atomic E-state index is 12.2. The lowest BCUT2D eigenvalue weighted by atomic mass is 9.90. The molecule has 32 heavy (non-hydrogen) atoms. The van der Waals surface area contributed by atoms with Crippen LogP contribution in [0.1, 0.15) is 31.4 Å². The summed E-state index contributed by atoms with van der Waals surface area (Å²) in [5.41, 5.74) is 1.83. The molecule has 0 saturated heterocycles.